The smallest absolute Gasteiger partial charge is 0.156 e. The van der Waals surface area contributed by atoms with Crippen molar-refractivity contribution in [1.29, 1.82) is 0 Å². The maximum Gasteiger partial charge on any atom is 0.156 e. The molecule has 2 aromatic carbocycles. The van der Waals surface area contributed by atoms with Crippen molar-refractivity contribution in [2.24, 2.45) is 0 Å². The summed E-state index contributed by atoms with van der Waals surface area (Å²) in [7, 11) is 0. The first-order valence-electron chi connectivity index (χ1n) is 6.31. The fourth-order valence-electron chi connectivity index (χ4n) is 1.85. The Morgan fingerprint density at radius 1 is 1.14 bits per heavy atom. The average molecular weight is 454 g/mol. The van der Waals surface area contributed by atoms with Crippen LogP contribution in [-0.4, -0.2) is 6.61 Å². The Hall–Kier alpha value is -0.420. The molecule has 0 saturated heterocycles. The Labute approximate surface area is 151 Å². The van der Waals surface area contributed by atoms with Crippen molar-refractivity contribution in [1.82, 2.24) is 0 Å². The van der Waals surface area contributed by atoms with E-state index < -0.39 is 0 Å². The van der Waals surface area contributed by atoms with E-state index in [-0.39, 0.29) is 0 Å². The monoisotopic (exact) mass is 451 g/mol. The summed E-state index contributed by atoms with van der Waals surface area (Å²) in [5, 5.41) is 4.66. The molecule has 0 aliphatic rings. The van der Waals surface area contributed by atoms with Gasteiger partial charge in [0.1, 0.15) is 0 Å². The third-order valence-electron chi connectivity index (χ3n) is 2.77. The molecule has 0 saturated carbocycles. The standard InChI is InChI=1S/C15H13Br2Cl2NO/c1-2-21-15-12(17)6-11(18)7-14(15)20-8-9-5-10(16)3-4-13(9)19/h3-7,20H,2,8H2,1H3. The predicted molar refractivity (Wildman–Crippen MR) is 96.8 cm³/mol. The van der Waals surface area contributed by atoms with Crippen molar-refractivity contribution in [2.75, 3.05) is 11.9 Å². The van der Waals surface area contributed by atoms with Crippen molar-refractivity contribution in [3.05, 3.63) is 54.9 Å². The molecule has 0 spiro atoms. The highest BCUT2D eigenvalue weighted by atomic mass is 79.9. The third kappa shape index (κ3) is 4.52. The summed E-state index contributed by atoms with van der Waals surface area (Å²) in [6.45, 7) is 3.09. The number of benzene rings is 2. The first kappa shape index (κ1) is 16.9. The van der Waals surface area contributed by atoms with E-state index in [1.165, 1.54) is 0 Å². The zero-order valence-corrected chi connectivity index (χ0v) is 15.9. The summed E-state index contributed by atoms with van der Waals surface area (Å²) in [5.41, 5.74) is 1.82. The highest BCUT2D eigenvalue weighted by Crippen LogP contribution is 2.37. The minimum absolute atomic E-state index is 0.575. The molecule has 2 aromatic rings. The molecule has 1 N–H and O–H groups in total. The van der Waals surface area contributed by atoms with E-state index in [9.17, 15) is 0 Å². The molecular weight excluding hydrogens is 441 g/mol. The van der Waals surface area contributed by atoms with E-state index in [0.717, 1.165) is 25.9 Å². The van der Waals surface area contributed by atoms with Crippen molar-refractivity contribution >= 4 is 60.7 Å². The molecule has 0 bridgehead atoms. The van der Waals surface area contributed by atoms with Gasteiger partial charge in [0.15, 0.2) is 5.75 Å². The van der Waals surface area contributed by atoms with E-state index >= 15 is 0 Å². The van der Waals surface area contributed by atoms with Crippen LogP contribution in [-0.2, 0) is 6.54 Å². The van der Waals surface area contributed by atoms with Crippen molar-refractivity contribution in [2.45, 2.75) is 13.5 Å². The summed E-state index contributed by atoms with van der Waals surface area (Å²) in [6.07, 6.45) is 0. The van der Waals surface area contributed by atoms with Gasteiger partial charge in [-0.05, 0) is 58.7 Å². The second kappa shape index (κ2) is 7.73. The lowest BCUT2D eigenvalue weighted by Gasteiger charge is -2.15. The summed E-state index contributed by atoms with van der Waals surface area (Å²) < 4.78 is 7.46. The summed E-state index contributed by atoms with van der Waals surface area (Å²) in [4.78, 5) is 0. The molecule has 2 nitrogen and oxygen atoms in total. The first-order chi connectivity index (χ1) is 10.0. The van der Waals surface area contributed by atoms with E-state index in [4.69, 9.17) is 27.9 Å². The van der Waals surface area contributed by atoms with Gasteiger partial charge in [-0.2, -0.15) is 0 Å². The molecule has 0 unspecified atom stereocenters. The maximum absolute atomic E-state index is 6.20. The lowest BCUT2D eigenvalue weighted by atomic mass is 10.2. The Kier molecular flexibility index (Phi) is 6.23. The number of nitrogens with one attached hydrogen (secondary N) is 1. The van der Waals surface area contributed by atoms with Crippen LogP contribution >= 0.6 is 55.1 Å². The lowest BCUT2D eigenvalue weighted by molar-refractivity contribution is 0.339. The largest absolute Gasteiger partial charge is 0.491 e. The molecule has 0 amide bonds. The molecule has 0 aliphatic carbocycles. The van der Waals surface area contributed by atoms with Gasteiger partial charge in [0.2, 0.25) is 0 Å². The van der Waals surface area contributed by atoms with Crippen LogP contribution in [0.3, 0.4) is 0 Å². The SMILES string of the molecule is CCOc1c(Br)cc(Cl)cc1NCc1cc(Br)ccc1Cl. The highest BCUT2D eigenvalue weighted by molar-refractivity contribution is 9.10. The fraction of sp³-hybridized carbons (Fsp3) is 0.200. The Morgan fingerprint density at radius 2 is 1.90 bits per heavy atom. The van der Waals surface area contributed by atoms with E-state index in [1.54, 1.807) is 0 Å². The second-order valence-electron chi connectivity index (χ2n) is 4.29. The highest BCUT2D eigenvalue weighted by Gasteiger charge is 2.11. The average Bonchev–Trinajstić information content (AvgIpc) is 2.43. The minimum atomic E-state index is 0.575. The Balaban J connectivity index is 2.25. The van der Waals surface area contributed by atoms with Gasteiger partial charge in [-0.25, -0.2) is 0 Å². The van der Waals surface area contributed by atoms with Crippen LogP contribution in [0, 0.1) is 0 Å². The van der Waals surface area contributed by atoms with Crippen LogP contribution < -0.4 is 10.1 Å². The fourth-order valence-corrected chi connectivity index (χ4v) is 3.37. The van der Waals surface area contributed by atoms with Crippen LogP contribution in [0.4, 0.5) is 5.69 Å². The molecular formula is C15H13Br2Cl2NO. The van der Waals surface area contributed by atoms with Gasteiger partial charge in [0.25, 0.3) is 0 Å². The Bertz CT molecular complexity index is 650. The van der Waals surface area contributed by atoms with Gasteiger partial charge in [-0.3, -0.25) is 0 Å². The van der Waals surface area contributed by atoms with Crippen LogP contribution in [0.5, 0.6) is 5.75 Å². The van der Waals surface area contributed by atoms with Crippen molar-refractivity contribution in [3.63, 3.8) is 0 Å². The number of ether oxygens (including phenoxy) is 1. The quantitative estimate of drug-likeness (QED) is 0.555. The molecule has 0 atom stereocenters. The molecule has 0 aromatic heterocycles. The first-order valence-corrected chi connectivity index (χ1v) is 8.65. The van der Waals surface area contributed by atoms with Crippen LogP contribution in [0.2, 0.25) is 10.0 Å². The summed E-state index contributed by atoms with van der Waals surface area (Å²) in [6, 6.07) is 9.40. The summed E-state index contributed by atoms with van der Waals surface area (Å²) >= 11 is 19.2. The number of anilines is 1. The van der Waals surface area contributed by atoms with Gasteiger partial charge in [0, 0.05) is 21.1 Å². The molecule has 2 rings (SSSR count). The predicted octanol–water partition coefficient (Wildman–Crippen LogP) is 6.53. The van der Waals surface area contributed by atoms with Gasteiger partial charge >= 0.3 is 0 Å². The third-order valence-corrected chi connectivity index (χ3v) is 4.44. The molecule has 0 fully saturated rings. The van der Waals surface area contributed by atoms with Crippen molar-refractivity contribution < 1.29 is 4.74 Å². The molecule has 0 heterocycles. The zero-order chi connectivity index (χ0) is 15.4. The lowest BCUT2D eigenvalue weighted by Crippen LogP contribution is -2.04. The van der Waals surface area contributed by atoms with Gasteiger partial charge < -0.3 is 10.1 Å². The summed E-state index contributed by atoms with van der Waals surface area (Å²) in [5.74, 6) is 0.744. The maximum atomic E-state index is 6.20. The van der Waals surface area contributed by atoms with Gasteiger partial charge in [-0.1, -0.05) is 39.1 Å². The second-order valence-corrected chi connectivity index (χ2v) is 6.90. The van der Waals surface area contributed by atoms with E-state index in [2.05, 4.69) is 37.2 Å². The number of halogens is 4. The van der Waals surface area contributed by atoms with Crippen LogP contribution in [0.1, 0.15) is 12.5 Å². The normalized spacial score (nSPS) is 10.5. The molecule has 0 radical (unpaired) electrons. The Morgan fingerprint density at radius 3 is 2.62 bits per heavy atom. The van der Waals surface area contributed by atoms with Gasteiger partial charge in [-0.15, -0.1) is 0 Å². The minimum Gasteiger partial charge on any atom is -0.491 e. The van der Waals surface area contributed by atoms with Gasteiger partial charge in [0.05, 0.1) is 16.8 Å². The van der Waals surface area contributed by atoms with Crippen LogP contribution in [0.25, 0.3) is 0 Å². The molecule has 21 heavy (non-hydrogen) atoms. The molecule has 112 valence electrons. The van der Waals surface area contributed by atoms with Crippen LogP contribution in [0.15, 0.2) is 39.3 Å². The number of rotatable bonds is 5. The number of hydrogen-bond donors (Lipinski definition) is 1. The molecule has 6 heteroatoms. The number of hydrogen-bond acceptors (Lipinski definition) is 2. The van der Waals surface area contributed by atoms with E-state index in [0.29, 0.717) is 23.2 Å². The van der Waals surface area contributed by atoms with Crippen molar-refractivity contribution in [3.8, 4) is 5.75 Å². The molecule has 0 aliphatic heterocycles. The topological polar surface area (TPSA) is 21.3 Å². The van der Waals surface area contributed by atoms with E-state index in [1.807, 2.05) is 37.3 Å². The zero-order valence-electron chi connectivity index (χ0n) is 11.2.